The number of amides is 3. The van der Waals surface area contributed by atoms with Crippen LogP contribution >= 0.6 is 0 Å². The standard InChI is InChI=1S/C33H34N6O5/c1-21-6-7-23-18-39(19-24(23)14-21)33(43)36-28-5-3-4-26(27(28)20-40)25-15-29(32(42)37(2)17-25)35-30-9-8-22(16-34-30)31(41)38-10-12-44-13-11-38/h3-9,14-17,40H,10-13,18-20H2,1-2H3,(H,34,35)(H,36,43). The quantitative estimate of drug-likeness (QED) is 0.308. The van der Waals surface area contributed by atoms with Gasteiger partial charge < -0.3 is 34.8 Å². The zero-order chi connectivity index (χ0) is 30.8. The molecule has 226 valence electrons. The Labute approximate surface area is 254 Å². The van der Waals surface area contributed by atoms with E-state index in [-0.39, 0.29) is 29.8 Å². The summed E-state index contributed by atoms with van der Waals surface area (Å²) in [6.45, 7) is 4.84. The van der Waals surface area contributed by atoms with Crippen molar-refractivity contribution in [1.82, 2.24) is 19.4 Å². The molecule has 4 heterocycles. The van der Waals surface area contributed by atoms with Gasteiger partial charge in [-0.25, -0.2) is 9.78 Å². The number of urea groups is 1. The summed E-state index contributed by atoms with van der Waals surface area (Å²) in [6, 6.07) is 16.4. The number of nitrogens with one attached hydrogen (secondary N) is 2. The Bertz CT molecular complexity index is 1780. The molecule has 1 saturated heterocycles. The average molecular weight is 595 g/mol. The zero-order valence-electron chi connectivity index (χ0n) is 24.7. The number of carbonyl (C=O) groups excluding carboxylic acids is 2. The lowest BCUT2D eigenvalue weighted by molar-refractivity contribution is 0.0302. The van der Waals surface area contributed by atoms with Gasteiger partial charge in [-0.15, -0.1) is 0 Å². The summed E-state index contributed by atoms with van der Waals surface area (Å²) < 4.78 is 6.77. The molecule has 0 radical (unpaired) electrons. The van der Waals surface area contributed by atoms with Gasteiger partial charge in [-0.2, -0.15) is 0 Å². The molecule has 0 saturated carbocycles. The number of aliphatic hydroxyl groups excluding tert-OH is 1. The highest BCUT2D eigenvalue weighted by Crippen LogP contribution is 2.32. The van der Waals surface area contributed by atoms with Crippen molar-refractivity contribution >= 4 is 29.1 Å². The maximum atomic E-state index is 13.2. The molecule has 4 aromatic rings. The summed E-state index contributed by atoms with van der Waals surface area (Å²) in [6.07, 6.45) is 3.18. The van der Waals surface area contributed by atoms with E-state index in [1.165, 1.54) is 10.8 Å². The Kier molecular flexibility index (Phi) is 8.14. The Morgan fingerprint density at radius 3 is 2.52 bits per heavy atom. The molecule has 6 rings (SSSR count). The van der Waals surface area contributed by atoms with E-state index in [1.807, 2.05) is 19.1 Å². The van der Waals surface area contributed by atoms with Crippen molar-refractivity contribution in [2.24, 2.45) is 7.05 Å². The van der Waals surface area contributed by atoms with Crippen molar-refractivity contribution < 1.29 is 19.4 Å². The third kappa shape index (κ3) is 5.92. The first-order valence-corrected chi connectivity index (χ1v) is 14.5. The lowest BCUT2D eigenvalue weighted by Crippen LogP contribution is -2.40. The van der Waals surface area contributed by atoms with Crippen LogP contribution in [0.15, 0.2) is 71.8 Å². The van der Waals surface area contributed by atoms with Crippen LogP contribution < -0.4 is 16.2 Å². The minimum absolute atomic E-state index is 0.113. The number of pyridine rings is 2. The third-order valence-corrected chi connectivity index (χ3v) is 8.01. The highest BCUT2D eigenvalue weighted by atomic mass is 16.5. The SMILES string of the molecule is Cc1ccc2c(c1)CN(C(=O)Nc1cccc(-c3cc(Nc4ccc(C(=O)N5CCOCC5)cn4)c(=O)n(C)c3)c1CO)C2. The number of aliphatic hydroxyl groups is 1. The van der Waals surface area contributed by atoms with Gasteiger partial charge in [-0.1, -0.05) is 35.9 Å². The van der Waals surface area contributed by atoms with Gasteiger partial charge in [0.05, 0.1) is 25.4 Å². The van der Waals surface area contributed by atoms with Gasteiger partial charge in [-0.05, 0) is 47.9 Å². The second-order valence-corrected chi connectivity index (χ2v) is 11.1. The van der Waals surface area contributed by atoms with Gasteiger partial charge >= 0.3 is 6.03 Å². The number of fused-ring (bicyclic) bond motifs is 1. The van der Waals surface area contributed by atoms with Gasteiger partial charge in [-0.3, -0.25) is 9.59 Å². The monoisotopic (exact) mass is 594 g/mol. The molecule has 0 atom stereocenters. The maximum Gasteiger partial charge on any atom is 0.322 e. The van der Waals surface area contributed by atoms with Crippen molar-refractivity contribution in [2.75, 3.05) is 36.9 Å². The summed E-state index contributed by atoms with van der Waals surface area (Å²) >= 11 is 0. The number of hydrogen-bond acceptors (Lipinski definition) is 7. The van der Waals surface area contributed by atoms with Crippen molar-refractivity contribution in [3.63, 3.8) is 0 Å². The van der Waals surface area contributed by atoms with Crippen LogP contribution in [0.4, 0.5) is 22.0 Å². The van der Waals surface area contributed by atoms with E-state index >= 15 is 0 Å². The lowest BCUT2D eigenvalue weighted by Gasteiger charge is -2.26. The Morgan fingerprint density at radius 2 is 1.77 bits per heavy atom. The molecule has 1 fully saturated rings. The van der Waals surface area contributed by atoms with Gasteiger partial charge in [0.1, 0.15) is 11.5 Å². The van der Waals surface area contributed by atoms with Crippen molar-refractivity contribution in [1.29, 1.82) is 0 Å². The zero-order valence-corrected chi connectivity index (χ0v) is 24.7. The van der Waals surface area contributed by atoms with Crippen molar-refractivity contribution in [2.45, 2.75) is 26.6 Å². The summed E-state index contributed by atoms with van der Waals surface area (Å²) in [5.41, 5.74) is 6.22. The number of aryl methyl sites for hydroxylation is 2. The number of benzene rings is 2. The topological polar surface area (TPSA) is 129 Å². The fraction of sp³-hybridized carbons (Fsp3) is 0.273. The number of aromatic nitrogens is 2. The molecule has 0 unspecified atom stereocenters. The van der Waals surface area contributed by atoms with Crippen LogP contribution in [0, 0.1) is 6.92 Å². The Hall–Kier alpha value is -5.00. The predicted molar refractivity (Wildman–Crippen MR) is 167 cm³/mol. The molecule has 2 aromatic heterocycles. The molecule has 0 aliphatic carbocycles. The van der Waals surface area contributed by atoms with E-state index in [1.54, 1.807) is 53.4 Å². The van der Waals surface area contributed by atoms with Crippen LogP contribution in [-0.2, 0) is 31.5 Å². The molecular weight excluding hydrogens is 560 g/mol. The summed E-state index contributed by atoms with van der Waals surface area (Å²) in [7, 11) is 1.64. The molecular formula is C33H34N6O5. The first-order chi connectivity index (χ1) is 21.3. The summed E-state index contributed by atoms with van der Waals surface area (Å²) in [5.74, 6) is 0.293. The number of carbonyl (C=O) groups is 2. The molecule has 3 N–H and O–H groups in total. The normalized spacial score (nSPS) is 14.3. The predicted octanol–water partition coefficient (Wildman–Crippen LogP) is 4.01. The molecule has 2 aliphatic heterocycles. The second kappa shape index (κ2) is 12.3. The third-order valence-electron chi connectivity index (χ3n) is 8.01. The number of rotatable bonds is 6. The highest BCUT2D eigenvalue weighted by Gasteiger charge is 2.24. The highest BCUT2D eigenvalue weighted by molar-refractivity contribution is 5.94. The minimum atomic E-state index is -0.322. The van der Waals surface area contributed by atoms with E-state index in [2.05, 4.69) is 27.8 Å². The van der Waals surface area contributed by atoms with E-state index in [0.717, 1.165) is 16.7 Å². The average Bonchev–Trinajstić information content (AvgIpc) is 3.47. The number of ether oxygens (including phenoxy) is 1. The second-order valence-electron chi connectivity index (χ2n) is 11.1. The fourth-order valence-corrected chi connectivity index (χ4v) is 5.64. The molecule has 2 aromatic carbocycles. The van der Waals surface area contributed by atoms with E-state index in [0.29, 0.717) is 73.2 Å². The molecule has 2 aliphatic rings. The van der Waals surface area contributed by atoms with Gasteiger partial charge in [0, 0.05) is 62.4 Å². The van der Waals surface area contributed by atoms with E-state index in [9.17, 15) is 19.5 Å². The molecule has 3 amide bonds. The molecule has 0 bridgehead atoms. The van der Waals surface area contributed by atoms with E-state index in [4.69, 9.17) is 4.74 Å². The summed E-state index contributed by atoms with van der Waals surface area (Å²) in [5, 5.41) is 16.5. The smallest absolute Gasteiger partial charge is 0.322 e. The number of anilines is 3. The van der Waals surface area contributed by atoms with Gasteiger partial charge in [0.2, 0.25) is 0 Å². The first-order valence-electron chi connectivity index (χ1n) is 14.5. The van der Waals surface area contributed by atoms with Crippen LogP contribution in [0.25, 0.3) is 11.1 Å². The summed E-state index contributed by atoms with van der Waals surface area (Å²) in [4.78, 5) is 46.9. The van der Waals surface area contributed by atoms with Crippen molar-refractivity contribution in [3.8, 4) is 11.1 Å². The number of nitrogens with zero attached hydrogens (tertiary/aromatic N) is 4. The first kappa shape index (κ1) is 29.1. The maximum absolute atomic E-state index is 13.2. The largest absolute Gasteiger partial charge is 0.392 e. The fourth-order valence-electron chi connectivity index (χ4n) is 5.64. The lowest BCUT2D eigenvalue weighted by atomic mass is 9.99. The molecule has 0 spiro atoms. The molecule has 44 heavy (non-hydrogen) atoms. The number of morpholine rings is 1. The van der Waals surface area contributed by atoms with E-state index < -0.39 is 0 Å². The minimum Gasteiger partial charge on any atom is -0.392 e. The number of hydrogen-bond donors (Lipinski definition) is 3. The van der Waals surface area contributed by atoms with Crippen molar-refractivity contribution in [3.05, 3.63) is 105 Å². The Morgan fingerprint density at radius 1 is 0.977 bits per heavy atom. The van der Waals surface area contributed by atoms with Crippen LogP contribution in [0.1, 0.15) is 32.6 Å². The molecule has 11 nitrogen and oxygen atoms in total. The molecule has 11 heteroatoms. The Balaban J connectivity index is 1.22. The van der Waals surface area contributed by atoms with Crippen LogP contribution in [0.3, 0.4) is 0 Å². The van der Waals surface area contributed by atoms with Crippen LogP contribution in [0.5, 0.6) is 0 Å². The van der Waals surface area contributed by atoms with Crippen LogP contribution in [-0.4, -0.2) is 62.7 Å². The van der Waals surface area contributed by atoms with Gasteiger partial charge in [0.25, 0.3) is 11.5 Å². The van der Waals surface area contributed by atoms with Gasteiger partial charge in [0.15, 0.2) is 0 Å². The van der Waals surface area contributed by atoms with Crippen LogP contribution in [0.2, 0.25) is 0 Å².